The number of carbonyl (C=O) groups excluding carboxylic acids is 1. The van der Waals surface area contributed by atoms with Gasteiger partial charge in [-0.25, -0.2) is 8.78 Å². The largest absolute Gasteiger partial charge is 0.348 e. The normalized spacial score (nSPS) is 10.2. The molecule has 0 heterocycles. The zero-order valence-electron chi connectivity index (χ0n) is 10.5. The number of nitrogens with one attached hydrogen (secondary N) is 2. The van der Waals surface area contributed by atoms with Crippen LogP contribution >= 0.6 is 0 Å². The molecule has 0 atom stereocenters. The molecule has 1 amide bonds. The highest BCUT2D eigenvalue weighted by molar-refractivity contribution is 5.94. The predicted molar refractivity (Wildman–Crippen MR) is 71.8 cm³/mol. The number of amides is 1. The highest BCUT2D eigenvalue weighted by Crippen LogP contribution is 2.10. The summed E-state index contributed by atoms with van der Waals surface area (Å²) in [5, 5.41) is 2.62. The van der Waals surface area contributed by atoms with Gasteiger partial charge in [-0.1, -0.05) is 6.07 Å². The van der Waals surface area contributed by atoms with Gasteiger partial charge in [-0.15, -0.1) is 0 Å². The van der Waals surface area contributed by atoms with E-state index in [-0.39, 0.29) is 12.5 Å². The van der Waals surface area contributed by atoms with Gasteiger partial charge in [0.05, 0.1) is 0 Å². The van der Waals surface area contributed by atoms with Crippen molar-refractivity contribution in [2.45, 2.75) is 6.54 Å². The van der Waals surface area contributed by atoms with Crippen LogP contribution < -0.4 is 16.6 Å². The van der Waals surface area contributed by atoms with Crippen molar-refractivity contribution >= 4 is 11.6 Å². The van der Waals surface area contributed by atoms with Gasteiger partial charge in [-0.2, -0.15) is 0 Å². The lowest BCUT2D eigenvalue weighted by Gasteiger charge is -2.06. The Kier molecular flexibility index (Phi) is 4.27. The van der Waals surface area contributed by atoms with E-state index in [4.69, 9.17) is 5.84 Å². The van der Waals surface area contributed by atoms with Crippen LogP contribution in [0.25, 0.3) is 0 Å². The van der Waals surface area contributed by atoms with E-state index in [1.54, 1.807) is 24.3 Å². The molecule has 4 nitrogen and oxygen atoms in total. The number of halogens is 2. The van der Waals surface area contributed by atoms with E-state index >= 15 is 0 Å². The van der Waals surface area contributed by atoms with Crippen molar-refractivity contribution in [1.29, 1.82) is 0 Å². The maximum absolute atomic E-state index is 13.0. The summed E-state index contributed by atoms with van der Waals surface area (Å²) in [7, 11) is 0. The average molecular weight is 277 g/mol. The van der Waals surface area contributed by atoms with Gasteiger partial charge in [-0.3, -0.25) is 10.6 Å². The smallest absolute Gasteiger partial charge is 0.251 e. The molecule has 0 aliphatic rings. The Morgan fingerprint density at radius 1 is 1.05 bits per heavy atom. The Labute approximate surface area is 114 Å². The number of hydrogen-bond donors (Lipinski definition) is 3. The molecule has 0 fully saturated rings. The highest BCUT2D eigenvalue weighted by atomic mass is 19.2. The topological polar surface area (TPSA) is 67.1 Å². The predicted octanol–water partition coefficient (Wildman–Crippen LogP) is 2.18. The lowest BCUT2D eigenvalue weighted by molar-refractivity contribution is 0.0951. The van der Waals surface area contributed by atoms with Gasteiger partial charge in [0, 0.05) is 17.8 Å². The zero-order chi connectivity index (χ0) is 14.5. The summed E-state index contributed by atoms with van der Waals surface area (Å²) in [5.41, 5.74) is 4.07. The van der Waals surface area contributed by atoms with E-state index in [0.29, 0.717) is 16.8 Å². The minimum absolute atomic E-state index is 0.118. The van der Waals surface area contributed by atoms with Crippen LogP contribution in [0.15, 0.2) is 42.5 Å². The Morgan fingerprint density at radius 3 is 2.35 bits per heavy atom. The number of hydrogen-bond acceptors (Lipinski definition) is 3. The second-order valence-corrected chi connectivity index (χ2v) is 4.15. The second-order valence-electron chi connectivity index (χ2n) is 4.15. The molecule has 2 rings (SSSR count). The molecule has 0 aliphatic carbocycles. The van der Waals surface area contributed by atoms with Gasteiger partial charge >= 0.3 is 0 Å². The Balaban J connectivity index is 1.98. The fraction of sp³-hybridized carbons (Fsp3) is 0.0714. The van der Waals surface area contributed by atoms with Crippen molar-refractivity contribution in [2.24, 2.45) is 5.84 Å². The molecule has 0 spiro atoms. The number of hydrazine groups is 1. The maximum Gasteiger partial charge on any atom is 0.251 e. The minimum atomic E-state index is -0.935. The number of nitrogen functional groups attached to an aromatic ring is 1. The van der Waals surface area contributed by atoms with E-state index in [1.807, 2.05) is 0 Å². The fourth-order valence-electron chi connectivity index (χ4n) is 1.65. The lowest BCUT2D eigenvalue weighted by Crippen LogP contribution is -2.22. The lowest BCUT2D eigenvalue weighted by atomic mass is 10.1. The number of anilines is 1. The van der Waals surface area contributed by atoms with Gasteiger partial charge in [0.1, 0.15) is 0 Å². The summed E-state index contributed by atoms with van der Waals surface area (Å²) < 4.78 is 25.8. The van der Waals surface area contributed by atoms with E-state index in [2.05, 4.69) is 10.7 Å². The van der Waals surface area contributed by atoms with Crippen LogP contribution in [0, 0.1) is 11.6 Å². The monoisotopic (exact) mass is 277 g/mol. The van der Waals surface area contributed by atoms with Crippen LogP contribution in [-0.2, 0) is 6.54 Å². The number of benzene rings is 2. The summed E-state index contributed by atoms with van der Waals surface area (Å²) in [5.74, 6) is 3.07. The molecule has 0 saturated heterocycles. The molecule has 0 saturated carbocycles. The van der Waals surface area contributed by atoms with Crippen molar-refractivity contribution in [3.8, 4) is 0 Å². The first-order chi connectivity index (χ1) is 9.60. The van der Waals surface area contributed by atoms with Crippen molar-refractivity contribution in [3.05, 3.63) is 65.2 Å². The van der Waals surface area contributed by atoms with Crippen LogP contribution in [0.4, 0.5) is 14.5 Å². The number of nitrogens with two attached hydrogens (primary N) is 1. The number of rotatable bonds is 4. The summed E-state index contributed by atoms with van der Waals surface area (Å²) in [4.78, 5) is 11.8. The van der Waals surface area contributed by atoms with Gasteiger partial charge < -0.3 is 10.7 Å². The average Bonchev–Trinajstić information content (AvgIpc) is 2.48. The standard InChI is InChI=1S/C14H13F2N3O/c15-12-6-1-9(7-13(12)16)8-18-14(20)10-2-4-11(19-17)5-3-10/h1-7,19H,8,17H2,(H,18,20). The molecular formula is C14H13F2N3O. The molecule has 4 N–H and O–H groups in total. The van der Waals surface area contributed by atoms with Crippen molar-refractivity contribution < 1.29 is 13.6 Å². The van der Waals surface area contributed by atoms with E-state index in [1.165, 1.54) is 6.07 Å². The van der Waals surface area contributed by atoms with Gasteiger partial charge in [0.2, 0.25) is 0 Å². The quantitative estimate of drug-likeness (QED) is 0.592. The molecule has 0 aromatic heterocycles. The van der Waals surface area contributed by atoms with Gasteiger partial charge in [-0.05, 0) is 42.0 Å². The van der Waals surface area contributed by atoms with Crippen LogP contribution in [0.2, 0.25) is 0 Å². The molecule has 0 bridgehead atoms. The highest BCUT2D eigenvalue weighted by Gasteiger charge is 2.07. The summed E-state index contributed by atoms with van der Waals surface area (Å²) in [6.07, 6.45) is 0. The Bertz CT molecular complexity index is 614. The number of carbonyl (C=O) groups is 1. The van der Waals surface area contributed by atoms with Crippen molar-refractivity contribution in [1.82, 2.24) is 5.32 Å². The molecular weight excluding hydrogens is 264 g/mol. The molecule has 6 heteroatoms. The summed E-state index contributed by atoms with van der Waals surface area (Å²) in [6.45, 7) is 0.118. The Morgan fingerprint density at radius 2 is 1.75 bits per heavy atom. The first-order valence-electron chi connectivity index (χ1n) is 5.89. The molecule has 0 radical (unpaired) electrons. The summed E-state index contributed by atoms with van der Waals surface area (Å²) in [6, 6.07) is 10.0. The molecule has 2 aromatic carbocycles. The van der Waals surface area contributed by atoms with E-state index in [0.717, 1.165) is 12.1 Å². The Hall–Kier alpha value is -2.47. The first-order valence-corrected chi connectivity index (χ1v) is 5.89. The maximum atomic E-state index is 13.0. The van der Waals surface area contributed by atoms with E-state index in [9.17, 15) is 13.6 Å². The van der Waals surface area contributed by atoms with Gasteiger partial charge in [0.25, 0.3) is 5.91 Å². The molecule has 104 valence electrons. The van der Waals surface area contributed by atoms with Crippen molar-refractivity contribution in [3.63, 3.8) is 0 Å². The van der Waals surface area contributed by atoms with E-state index < -0.39 is 11.6 Å². The fourth-order valence-corrected chi connectivity index (χ4v) is 1.65. The van der Waals surface area contributed by atoms with Crippen LogP contribution in [-0.4, -0.2) is 5.91 Å². The minimum Gasteiger partial charge on any atom is -0.348 e. The second kappa shape index (κ2) is 6.12. The first kappa shape index (κ1) is 14.0. The summed E-state index contributed by atoms with van der Waals surface area (Å²) >= 11 is 0. The third kappa shape index (κ3) is 3.30. The third-order valence-electron chi connectivity index (χ3n) is 2.75. The third-order valence-corrected chi connectivity index (χ3v) is 2.75. The van der Waals surface area contributed by atoms with Crippen LogP contribution in [0.1, 0.15) is 15.9 Å². The SMILES string of the molecule is NNc1ccc(C(=O)NCc2ccc(F)c(F)c2)cc1. The van der Waals surface area contributed by atoms with Gasteiger partial charge in [0.15, 0.2) is 11.6 Å². The van der Waals surface area contributed by atoms with Crippen LogP contribution in [0.5, 0.6) is 0 Å². The molecule has 20 heavy (non-hydrogen) atoms. The van der Waals surface area contributed by atoms with Crippen molar-refractivity contribution in [2.75, 3.05) is 5.43 Å². The van der Waals surface area contributed by atoms with Crippen LogP contribution in [0.3, 0.4) is 0 Å². The molecule has 2 aromatic rings. The molecule has 0 unspecified atom stereocenters. The molecule has 0 aliphatic heterocycles. The zero-order valence-corrected chi connectivity index (χ0v) is 10.5.